The lowest BCUT2D eigenvalue weighted by Gasteiger charge is -2.73. The Labute approximate surface area is 326 Å². The van der Waals surface area contributed by atoms with Crippen LogP contribution in [0.2, 0.25) is 0 Å². The third kappa shape index (κ3) is 6.61. The number of urea groups is 1. The number of aliphatic carboxylic acids is 1. The highest BCUT2D eigenvalue weighted by Gasteiger charge is 2.71. The summed E-state index contributed by atoms with van der Waals surface area (Å²) < 4.78 is 6.19. The van der Waals surface area contributed by atoms with Crippen molar-refractivity contribution in [2.24, 2.45) is 62.1 Å². The smallest absolute Gasteiger partial charge is 0.317 e. The third-order valence-electron chi connectivity index (χ3n) is 17.5. The number of amides is 3. The van der Waals surface area contributed by atoms with Crippen LogP contribution in [0, 0.1) is 62.1 Å². The molecule has 6 fully saturated rings. The van der Waals surface area contributed by atoms with Crippen LogP contribution >= 0.6 is 0 Å². The monoisotopic (exact) mass is 752 g/mol. The number of carboxylic acids is 1. The number of nitrogens with zero attached hydrogens (tertiary/aromatic N) is 2. The Morgan fingerprint density at radius 2 is 1.48 bits per heavy atom. The van der Waals surface area contributed by atoms with Gasteiger partial charge in [-0.05, 0) is 150 Å². The summed E-state index contributed by atoms with van der Waals surface area (Å²) in [7, 11) is 0. The first-order chi connectivity index (χ1) is 25.0. The van der Waals surface area contributed by atoms with E-state index in [2.05, 4.69) is 53.4 Å². The molecule has 1 unspecified atom stereocenters. The summed E-state index contributed by atoms with van der Waals surface area (Å²) in [6.45, 7) is 28.7. The highest BCUT2D eigenvalue weighted by molar-refractivity contribution is 5.81. The van der Waals surface area contributed by atoms with Crippen LogP contribution in [0.5, 0.6) is 0 Å². The molecule has 54 heavy (non-hydrogen) atoms. The molecule has 1 heterocycles. The lowest BCUT2D eigenvalue weighted by atomic mass is 9.32. The molecule has 0 spiro atoms. The van der Waals surface area contributed by atoms with Crippen LogP contribution in [0.4, 0.5) is 4.79 Å². The zero-order valence-corrected chi connectivity index (χ0v) is 35.4. The van der Waals surface area contributed by atoms with E-state index in [1.54, 1.807) is 13.8 Å². The number of hydrogen-bond donors (Lipinski definition) is 2. The van der Waals surface area contributed by atoms with E-state index in [1.165, 1.54) is 18.4 Å². The topological polar surface area (TPSA) is 116 Å². The maximum atomic E-state index is 14.2. The van der Waals surface area contributed by atoms with Gasteiger partial charge in [0.25, 0.3) is 0 Å². The van der Waals surface area contributed by atoms with Gasteiger partial charge in [-0.3, -0.25) is 14.4 Å². The lowest BCUT2D eigenvalue weighted by molar-refractivity contribution is -0.250. The summed E-state index contributed by atoms with van der Waals surface area (Å²) in [5, 5.41) is 12.6. The Kier molecular flexibility index (Phi) is 10.7. The van der Waals surface area contributed by atoms with E-state index in [0.29, 0.717) is 62.2 Å². The molecule has 6 rings (SSSR count). The molecule has 9 heteroatoms. The molecule has 10 atom stereocenters. The molecule has 304 valence electrons. The van der Waals surface area contributed by atoms with Gasteiger partial charge in [-0.1, -0.05) is 46.8 Å². The average Bonchev–Trinajstić information content (AvgIpc) is 3.45. The van der Waals surface area contributed by atoms with E-state index in [9.17, 15) is 24.3 Å². The number of rotatable bonds is 8. The number of carbonyl (C=O) groups is 4. The fraction of sp³-hybridized carbons (Fsp3) is 0.867. The number of piperazine rings is 1. The second kappa shape index (κ2) is 14.1. The summed E-state index contributed by atoms with van der Waals surface area (Å²) in [5.74, 6) is 1.32. The number of ether oxygens (including phenoxy) is 1. The first-order valence-corrected chi connectivity index (χ1v) is 21.4. The zero-order chi connectivity index (χ0) is 39.8. The fourth-order valence-electron chi connectivity index (χ4n) is 14.3. The van der Waals surface area contributed by atoms with Crippen molar-refractivity contribution in [3.05, 3.63) is 12.2 Å². The van der Waals surface area contributed by atoms with Crippen LogP contribution in [0.15, 0.2) is 12.2 Å². The Morgan fingerprint density at radius 1 is 0.833 bits per heavy atom. The minimum atomic E-state index is -1.15. The molecule has 2 N–H and O–H groups in total. The maximum absolute atomic E-state index is 14.2. The van der Waals surface area contributed by atoms with Crippen molar-refractivity contribution in [1.82, 2.24) is 15.1 Å². The quantitative estimate of drug-likeness (QED) is 0.189. The lowest BCUT2D eigenvalue weighted by Crippen LogP contribution is -2.67. The van der Waals surface area contributed by atoms with Crippen LogP contribution in [0.25, 0.3) is 0 Å². The number of nitrogens with one attached hydrogen (secondary N) is 1. The predicted molar refractivity (Wildman–Crippen MR) is 211 cm³/mol. The summed E-state index contributed by atoms with van der Waals surface area (Å²) in [6, 6.07) is 0.0557. The molecule has 0 aromatic heterocycles. The molecule has 0 aromatic rings. The van der Waals surface area contributed by atoms with Crippen LogP contribution in [0.3, 0.4) is 0 Å². The van der Waals surface area contributed by atoms with Gasteiger partial charge >= 0.3 is 18.0 Å². The minimum absolute atomic E-state index is 0.000457. The van der Waals surface area contributed by atoms with Crippen molar-refractivity contribution in [1.29, 1.82) is 0 Å². The molecule has 0 bridgehead atoms. The molecule has 3 amide bonds. The van der Waals surface area contributed by atoms with Crippen molar-refractivity contribution in [3.8, 4) is 0 Å². The number of fused-ring (bicyclic) bond motifs is 7. The van der Waals surface area contributed by atoms with Crippen LogP contribution < -0.4 is 5.32 Å². The highest BCUT2D eigenvalue weighted by Crippen LogP contribution is 2.78. The van der Waals surface area contributed by atoms with Gasteiger partial charge in [0, 0.05) is 44.1 Å². The van der Waals surface area contributed by atoms with Crippen molar-refractivity contribution < 1.29 is 29.0 Å². The van der Waals surface area contributed by atoms with Crippen LogP contribution in [0.1, 0.15) is 146 Å². The SMILES string of the molecule is C=C(C)[C@@H]1CC[C@]2(CC(=O)N3CCN(C(=O)NC(C)C)CC3)CC[C@]3(C)[C@H](CC[C@@H]4[C@@]5(C)CC[C@H](OC(=O)CC(C)(C)C(=O)O)C(C)(C)C5CC[C@]43C)[C@@H]12. The van der Waals surface area contributed by atoms with Crippen molar-refractivity contribution >= 4 is 23.9 Å². The summed E-state index contributed by atoms with van der Waals surface area (Å²) in [4.78, 5) is 55.7. The van der Waals surface area contributed by atoms with E-state index < -0.39 is 17.4 Å². The molecule has 1 saturated heterocycles. The molecule has 0 radical (unpaired) electrons. The number of carboxylic acid groups (broad SMARTS) is 1. The Morgan fingerprint density at radius 3 is 2.09 bits per heavy atom. The van der Waals surface area contributed by atoms with Crippen molar-refractivity contribution in [3.63, 3.8) is 0 Å². The van der Waals surface area contributed by atoms with E-state index in [0.717, 1.165) is 51.4 Å². The molecular formula is C45H73N3O6. The summed E-state index contributed by atoms with van der Waals surface area (Å²) in [6.07, 6.45) is 11.2. The van der Waals surface area contributed by atoms with Gasteiger partial charge in [-0.15, -0.1) is 0 Å². The number of carbonyl (C=O) groups excluding carboxylic acids is 3. The standard InChI is InChI=1S/C45H73N3O6/c1-28(2)30-14-19-45(26-35(49)47-22-24-48(25-23-47)39(53)46-29(3)4)21-20-43(10)31(37(30)45)12-13-33-42(9)17-16-34(54-36(50)27-40(5,6)38(51)52)41(7,8)32(42)15-18-44(33,43)11/h29-34,37H,1,12-27H2,2-11H3,(H,46,53)(H,51,52)/t30-,31+,32?,33+,34-,37+,42-,43+,44+,45+/m0/s1. The largest absolute Gasteiger partial charge is 0.481 e. The van der Waals surface area contributed by atoms with Gasteiger partial charge in [0.15, 0.2) is 0 Å². The number of allylic oxidation sites excluding steroid dienone is 1. The van der Waals surface area contributed by atoms with E-state index in [4.69, 9.17) is 4.74 Å². The zero-order valence-electron chi connectivity index (χ0n) is 35.4. The van der Waals surface area contributed by atoms with Crippen LogP contribution in [-0.2, 0) is 19.1 Å². The normalized spacial score (nSPS) is 40.1. The molecule has 9 nitrogen and oxygen atoms in total. The van der Waals surface area contributed by atoms with Gasteiger partial charge in [-0.2, -0.15) is 0 Å². The second-order valence-corrected chi connectivity index (χ2v) is 21.4. The first-order valence-electron chi connectivity index (χ1n) is 21.4. The first kappa shape index (κ1) is 41.1. The van der Waals surface area contributed by atoms with E-state index in [1.807, 2.05) is 23.6 Å². The van der Waals surface area contributed by atoms with Gasteiger partial charge in [0.2, 0.25) is 5.91 Å². The number of esters is 1. The Bertz CT molecular complexity index is 1510. The second-order valence-electron chi connectivity index (χ2n) is 21.4. The van der Waals surface area contributed by atoms with E-state index >= 15 is 0 Å². The van der Waals surface area contributed by atoms with Crippen molar-refractivity contribution in [2.45, 2.75) is 158 Å². The van der Waals surface area contributed by atoms with Crippen LogP contribution in [-0.4, -0.2) is 77.1 Å². The van der Waals surface area contributed by atoms with Gasteiger partial charge in [0.1, 0.15) is 6.10 Å². The molecule has 5 aliphatic carbocycles. The molecular weight excluding hydrogens is 679 g/mol. The average molecular weight is 752 g/mol. The molecule has 1 aliphatic heterocycles. The van der Waals surface area contributed by atoms with Gasteiger partial charge in [-0.25, -0.2) is 4.79 Å². The van der Waals surface area contributed by atoms with Gasteiger partial charge < -0.3 is 25.0 Å². The Hall–Kier alpha value is -2.58. The van der Waals surface area contributed by atoms with Gasteiger partial charge in [0.05, 0.1) is 11.8 Å². The van der Waals surface area contributed by atoms with Crippen molar-refractivity contribution in [2.75, 3.05) is 26.2 Å². The predicted octanol–water partition coefficient (Wildman–Crippen LogP) is 8.71. The summed E-state index contributed by atoms with van der Waals surface area (Å²) in [5.41, 5.74) is 0.364. The molecule has 5 saturated carbocycles. The van der Waals surface area contributed by atoms with E-state index in [-0.39, 0.29) is 57.6 Å². The Balaban J connectivity index is 1.20. The fourth-order valence-corrected chi connectivity index (χ4v) is 14.3. The molecule has 6 aliphatic rings. The number of hydrogen-bond acceptors (Lipinski definition) is 5. The summed E-state index contributed by atoms with van der Waals surface area (Å²) >= 11 is 0. The molecule has 0 aromatic carbocycles. The highest BCUT2D eigenvalue weighted by atomic mass is 16.5. The third-order valence-corrected chi connectivity index (χ3v) is 17.5. The minimum Gasteiger partial charge on any atom is -0.481 e. The maximum Gasteiger partial charge on any atom is 0.317 e.